The number of likely N-dealkylation sites (N-methyl/N-ethyl adjacent to an activating group) is 1. The molecule has 1 aromatic carbocycles. The van der Waals surface area contributed by atoms with Crippen LogP contribution in [0, 0.1) is 0 Å². The molecule has 3 nitrogen and oxygen atoms in total. The van der Waals surface area contributed by atoms with Crippen molar-refractivity contribution in [1.82, 2.24) is 10.2 Å². The van der Waals surface area contributed by atoms with Crippen molar-refractivity contribution in [2.45, 2.75) is 39.3 Å². The van der Waals surface area contributed by atoms with Crippen molar-refractivity contribution < 1.29 is 5.11 Å². The fraction of sp³-hybridized carbons (Fsp3) is 0.600. The van der Waals surface area contributed by atoms with Gasteiger partial charge in [0.25, 0.3) is 0 Å². The number of nitrogens with zero attached hydrogens (tertiary/aromatic N) is 1. The van der Waals surface area contributed by atoms with Gasteiger partial charge in [-0.25, -0.2) is 0 Å². The van der Waals surface area contributed by atoms with Crippen LogP contribution in [0.25, 0.3) is 0 Å². The van der Waals surface area contributed by atoms with Gasteiger partial charge in [-0.05, 0) is 45.0 Å². The van der Waals surface area contributed by atoms with Gasteiger partial charge in [0.1, 0.15) is 5.75 Å². The largest absolute Gasteiger partial charge is 0.508 e. The number of phenols is 1. The maximum Gasteiger partial charge on any atom is 0.115 e. The highest BCUT2D eigenvalue weighted by atomic mass is 16.3. The minimum Gasteiger partial charge on any atom is -0.508 e. The van der Waals surface area contributed by atoms with Gasteiger partial charge in [0.15, 0.2) is 0 Å². The zero-order chi connectivity index (χ0) is 13.5. The quantitative estimate of drug-likeness (QED) is 0.781. The second-order valence-electron chi connectivity index (χ2n) is 5.01. The van der Waals surface area contributed by atoms with Crippen LogP contribution in [-0.2, 0) is 0 Å². The molecule has 0 saturated heterocycles. The Kier molecular flexibility index (Phi) is 6.16. The SMILES string of the molecule is CCC(C)N(C)CCNC(C)c1cccc(O)c1. The third-order valence-corrected chi connectivity index (χ3v) is 3.63. The van der Waals surface area contributed by atoms with E-state index in [4.69, 9.17) is 0 Å². The minimum absolute atomic E-state index is 0.266. The first-order chi connectivity index (χ1) is 8.54. The molecule has 0 fully saturated rings. The molecule has 0 aliphatic rings. The maximum atomic E-state index is 9.44. The van der Waals surface area contributed by atoms with Gasteiger partial charge >= 0.3 is 0 Å². The predicted molar refractivity (Wildman–Crippen MR) is 76.9 cm³/mol. The summed E-state index contributed by atoms with van der Waals surface area (Å²) < 4.78 is 0. The van der Waals surface area contributed by atoms with Gasteiger partial charge in [-0.2, -0.15) is 0 Å². The molecule has 0 heterocycles. The average molecular weight is 250 g/mol. The molecule has 1 rings (SSSR count). The molecule has 0 bridgehead atoms. The van der Waals surface area contributed by atoms with Crippen molar-refractivity contribution in [3.63, 3.8) is 0 Å². The Balaban J connectivity index is 2.35. The van der Waals surface area contributed by atoms with Gasteiger partial charge < -0.3 is 15.3 Å². The molecule has 0 spiro atoms. The maximum absolute atomic E-state index is 9.44. The molecule has 0 amide bonds. The number of nitrogens with one attached hydrogen (secondary N) is 1. The average Bonchev–Trinajstić information content (AvgIpc) is 2.37. The Morgan fingerprint density at radius 2 is 2.06 bits per heavy atom. The van der Waals surface area contributed by atoms with E-state index in [1.165, 1.54) is 6.42 Å². The Labute approximate surface area is 111 Å². The molecule has 102 valence electrons. The highest BCUT2D eigenvalue weighted by Gasteiger charge is 2.08. The first-order valence-electron chi connectivity index (χ1n) is 6.77. The van der Waals surface area contributed by atoms with Gasteiger partial charge in [0, 0.05) is 25.2 Å². The second-order valence-corrected chi connectivity index (χ2v) is 5.01. The summed E-state index contributed by atoms with van der Waals surface area (Å²) in [5, 5.41) is 12.9. The third-order valence-electron chi connectivity index (χ3n) is 3.63. The standard InChI is InChI=1S/C15H26N2O/c1-5-12(2)17(4)10-9-16-13(3)14-7-6-8-15(18)11-14/h6-8,11-13,16,18H,5,9-10H2,1-4H3. The molecule has 18 heavy (non-hydrogen) atoms. The lowest BCUT2D eigenvalue weighted by Crippen LogP contribution is -2.35. The van der Waals surface area contributed by atoms with Gasteiger partial charge in [-0.1, -0.05) is 19.1 Å². The fourth-order valence-corrected chi connectivity index (χ4v) is 1.90. The van der Waals surface area contributed by atoms with E-state index < -0.39 is 0 Å². The Morgan fingerprint density at radius 1 is 1.33 bits per heavy atom. The summed E-state index contributed by atoms with van der Waals surface area (Å²) in [7, 11) is 2.16. The summed E-state index contributed by atoms with van der Waals surface area (Å²) in [5.74, 6) is 0.331. The summed E-state index contributed by atoms with van der Waals surface area (Å²) in [4.78, 5) is 2.36. The smallest absolute Gasteiger partial charge is 0.115 e. The van der Waals surface area contributed by atoms with Crippen LogP contribution in [0.15, 0.2) is 24.3 Å². The molecule has 2 atom stereocenters. The van der Waals surface area contributed by atoms with Crippen LogP contribution in [0.3, 0.4) is 0 Å². The molecule has 0 radical (unpaired) electrons. The highest BCUT2D eigenvalue weighted by molar-refractivity contribution is 5.28. The summed E-state index contributed by atoms with van der Waals surface area (Å²) in [5.41, 5.74) is 1.13. The number of aromatic hydroxyl groups is 1. The van der Waals surface area contributed by atoms with Gasteiger partial charge in [-0.15, -0.1) is 0 Å². The normalized spacial score (nSPS) is 14.7. The van der Waals surface area contributed by atoms with Crippen molar-refractivity contribution in [1.29, 1.82) is 0 Å². The molecular formula is C15H26N2O. The molecule has 1 aromatic rings. The van der Waals surface area contributed by atoms with E-state index in [-0.39, 0.29) is 6.04 Å². The first kappa shape index (κ1) is 15.0. The molecular weight excluding hydrogens is 224 g/mol. The van der Waals surface area contributed by atoms with Gasteiger partial charge in [0.2, 0.25) is 0 Å². The summed E-state index contributed by atoms with van der Waals surface area (Å²) in [6, 6.07) is 8.33. The summed E-state index contributed by atoms with van der Waals surface area (Å²) in [6.07, 6.45) is 1.18. The van der Waals surface area contributed by atoms with Crippen LogP contribution in [0.4, 0.5) is 0 Å². The molecule has 0 saturated carbocycles. The molecule has 2 N–H and O–H groups in total. The zero-order valence-corrected chi connectivity index (χ0v) is 12.0. The van der Waals surface area contributed by atoms with E-state index in [1.807, 2.05) is 18.2 Å². The topological polar surface area (TPSA) is 35.5 Å². The number of rotatable bonds is 7. The first-order valence-corrected chi connectivity index (χ1v) is 6.77. The summed E-state index contributed by atoms with van der Waals surface area (Å²) >= 11 is 0. The second kappa shape index (κ2) is 7.39. The van der Waals surface area contributed by atoms with Crippen LogP contribution in [-0.4, -0.2) is 36.2 Å². The zero-order valence-electron chi connectivity index (χ0n) is 12.0. The Hall–Kier alpha value is -1.06. The molecule has 3 heteroatoms. The van der Waals surface area contributed by atoms with Crippen LogP contribution >= 0.6 is 0 Å². The van der Waals surface area contributed by atoms with Crippen LogP contribution in [0.2, 0.25) is 0 Å². The predicted octanol–water partition coefficient (Wildman–Crippen LogP) is 2.77. The van der Waals surface area contributed by atoms with Crippen molar-refractivity contribution in [2.75, 3.05) is 20.1 Å². The van der Waals surface area contributed by atoms with E-state index in [9.17, 15) is 5.11 Å². The lowest BCUT2D eigenvalue weighted by molar-refractivity contribution is 0.249. The van der Waals surface area contributed by atoms with Crippen molar-refractivity contribution in [3.8, 4) is 5.75 Å². The van der Waals surface area contributed by atoms with E-state index in [0.717, 1.165) is 18.7 Å². The van der Waals surface area contributed by atoms with Crippen LogP contribution in [0.1, 0.15) is 38.8 Å². The van der Waals surface area contributed by atoms with Crippen molar-refractivity contribution in [2.24, 2.45) is 0 Å². The van der Waals surface area contributed by atoms with Gasteiger partial charge in [-0.3, -0.25) is 0 Å². The number of phenolic OH excluding ortho intramolecular Hbond substituents is 1. The van der Waals surface area contributed by atoms with Crippen molar-refractivity contribution >= 4 is 0 Å². The molecule has 0 aliphatic heterocycles. The lowest BCUT2D eigenvalue weighted by Gasteiger charge is -2.24. The summed E-state index contributed by atoms with van der Waals surface area (Å²) in [6.45, 7) is 8.58. The van der Waals surface area contributed by atoms with E-state index in [0.29, 0.717) is 11.8 Å². The third kappa shape index (κ3) is 4.67. The van der Waals surface area contributed by atoms with Crippen LogP contribution in [0.5, 0.6) is 5.75 Å². The van der Waals surface area contributed by atoms with Crippen molar-refractivity contribution in [3.05, 3.63) is 29.8 Å². The van der Waals surface area contributed by atoms with Crippen LogP contribution < -0.4 is 5.32 Å². The number of benzene rings is 1. The Bertz CT molecular complexity index is 354. The Morgan fingerprint density at radius 3 is 2.67 bits per heavy atom. The van der Waals surface area contributed by atoms with E-state index in [2.05, 4.69) is 38.0 Å². The van der Waals surface area contributed by atoms with E-state index >= 15 is 0 Å². The van der Waals surface area contributed by atoms with Gasteiger partial charge in [0.05, 0.1) is 0 Å². The number of hydrogen-bond donors (Lipinski definition) is 2. The van der Waals surface area contributed by atoms with E-state index in [1.54, 1.807) is 6.07 Å². The highest BCUT2D eigenvalue weighted by Crippen LogP contribution is 2.17. The minimum atomic E-state index is 0.266. The number of hydrogen-bond acceptors (Lipinski definition) is 3. The lowest BCUT2D eigenvalue weighted by atomic mass is 10.1. The molecule has 0 aromatic heterocycles. The molecule has 2 unspecified atom stereocenters. The molecule has 0 aliphatic carbocycles. The fourth-order valence-electron chi connectivity index (χ4n) is 1.90. The monoisotopic (exact) mass is 250 g/mol.